The minimum absolute atomic E-state index is 0.109. The summed E-state index contributed by atoms with van der Waals surface area (Å²) in [5.41, 5.74) is 1.37. The van der Waals surface area contributed by atoms with E-state index in [4.69, 9.17) is 13.9 Å². The first kappa shape index (κ1) is 14.9. The van der Waals surface area contributed by atoms with Gasteiger partial charge in [-0.25, -0.2) is 4.98 Å². The van der Waals surface area contributed by atoms with E-state index < -0.39 is 0 Å². The zero-order chi connectivity index (χ0) is 16.5. The van der Waals surface area contributed by atoms with E-state index in [0.717, 1.165) is 18.0 Å². The minimum atomic E-state index is -0.133. The van der Waals surface area contributed by atoms with E-state index in [1.54, 1.807) is 24.5 Å². The fourth-order valence-electron chi connectivity index (χ4n) is 2.96. The Hall–Kier alpha value is -2.64. The van der Waals surface area contributed by atoms with Gasteiger partial charge >= 0.3 is 0 Å². The maximum absolute atomic E-state index is 12.4. The van der Waals surface area contributed by atoms with E-state index in [1.807, 2.05) is 6.07 Å². The Kier molecular flexibility index (Phi) is 3.79. The van der Waals surface area contributed by atoms with E-state index in [2.05, 4.69) is 14.9 Å². The van der Waals surface area contributed by atoms with E-state index in [9.17, 15) is 4.79 Å². The van der Waals surface area contributed by atoms with Gasteiger partial charge in [0.15, 0.2) is 11.6 Å². The van der Waals surface area contributed by atoms with Crippen molar-refractivity contribution in [2.24, 2.45) is 0 Å². The molecule has 2 N–H and O–H groups in total. The zero-order valence-corrected chi connectivity index (χ0v) is 13.0. The molecular formula is C17H17N3O4. The highest BCUT2D eigenvalue weighted by Crippen LogP contribution is 2.20. The lowest BCUT2D eigenvalue weighted by Crippen LogP contribution is -2.35. The summed E-state index contributed by atoms with van der Waals surface area (Å²) in [6, 6.07) is 7.15. The van der Waals surface area contributed by atoms with Crippen LogP contribution in [0.4, 0.5) is 0 Å². The van der Waals surface area contributed by atoms with Crippen LogP contribution < -0.4 is 5.56 Å². The van der Waals surface area contributed by atoms with E-state index in [1.165, 1.54) is 0 Å². The fraction of sp³-hybridized carbons (Fsp3) is 0.294. The van der Waals surface area contributed by atoms with Crippen LogP contribution in [-0.2, 0) is 26.1 Å². The Morgan fingerprint density at radius 1 is 1.29 bits per heavy atom. The SMILES string of the molecule is O=c1[nH]c(-c2ccco2)nc2c1CN(Cc1ccc(CO)o1)CC2. The Balaban J connectivity index is 1.56. The van der Waals surface area contributed by atoms with Crippen molar-refractivity contribution in [3.8, 4) is 11.6 Å². The number of furan rings is 2. The summed E-state index contributed by atoms with van der Waals surface area (Å²) in [4.78, 5) is 21.9. The Morgan fingerprint density at radius 2 is 2.17 bits per heavy atom. The van der Waals surface area contributed by atoms with Crippen LogP contribution in [0.2, 0.25) is 0 Å². The number of nitrogens with zero attached hydrogens (tertiary/aromatic N) is 2. The number of aliphatic hydroxyl groups excluding tert-OH is 1. The average molecular weight is 327 g/mol. The summed E-state index contributed by atoms with van der Waals surface area (Å²) in [7, 11) is 0. The number of aromatic amines is 1. The van der Waals surface area contributed by atoms with Gasteiger partial charge in [0.1, 0.15) is 18.1 Å². The molecule has 0 spiro atoms. The molecular weight excluding hydrogens is 310 g/mol. The smallest absolute Gasteiger partial charge is 0.256 e. The molecule has 0 saturated carbocycles. The molecule has 0 atom stereocenters. The predicted molar refractivity (Wildman–Crippen MR) is 85.0 cm³/mol. The molecule has 124 valence electrons. The number of aromatic nitrogens is 2. The molecule has 0 aliphatic carbocycles. The molecule has 7 heteroatoms. The van der Waals surface area contributed by atoms with Gasteiger partial charge < -0.3 is 18.9 Å². The lowest BCUT2D eigenvalue weighted by Gasteiger charge is -2.26. The standard InChI is InChI=1S/C17H17N3O4/c21-10-12-4-3-11(24-12)8-20-6-5-14-13(9-20)17(22)19-16(18-14)15-2-1-7-23-15/h1-4,7,21H,5-6,8-10H2,(H,18,19,22). The van der Waals surface area contributed by atoms with Crippen molar-refractivity contribution < 1.29 is 13.9 Å². The Labute approximate surface area is 137 Å². The predicted octanol–water partition coefficient (Wildman–Crippen LogP) is 1.67. The summed E-state index contributed by atoms with van der Waals surface area (Å²) >= 11 is 0. The van der Waals surface area contributed by atoms with E-state index >= 15 is 0 Å². The van der Waals surface area contributed by atoms with Crippen molar-refractivity contribution in [3.63, 3.8) is 0 Å². The second-order valence-corrected chi connectivity index (χ2v) is 5.80. The summed E-state index contributed by atoms with van der Waals surface area (Å²) in [6.45, 7) is 1.79. The number of rotatable bonds is 4. The van der Waals surface area contributed by atoms with Gasteiger partial charge in [0.05, 0.1) is 24.1 Å². The quantitative estimate of drug-likeness (QED) is 0.757. The van der Waals surface area contributed by atoms with Crippen molar-refractivity contribution >= 4 is 0 Å². The molecule has 7 nitrogen and oxygen atoms in total. The van der Waals surface area contributed by atoms with Gasteiger partial charge in [-0.3, -0.25) is 9.69 Å². The summed E-state index contributed by atoms with van der Waals surface area (Å²) in [6.07, 6.45) is 2.25. The van der Waals surface area contributed by atoms with Crippen molar-refractivity contribution in [3.05, 3.63) is 63.7 Å². The molecule has 0 saturated heterocycles. The van der Waals surface area contributed by atoms with Gasteiger partial charge in [-0.1, -0.05) is 0 Å². The van der Waals surface area contributed by atoms with Crippen LogP contribution in [0.3, 0.4) is 0 Å². The second kappa shape index (κ2) is 6.10. The molecule has 0 amide bonds. The number of H-pyrrole nitrogens is 1. The molecule has 4 heterocycles. The van der Waals surface area contributed by atoms with Crippen LogP contribution in [0.5, 0.6) is 0 Å². The van der Waals surface area contributed by atoms with Crippen LogP contribution in [-0.4, -0.2) is 26.5 Å². The number of nitrogens with one attached hydrogen (secondary N) is 1. The van der Waals surface area contributed by atoms with Crippen molar-refractivity contribution in [1.82, 2.24) is 14.9 Å². The molecule has 1 aliphatic rings. The number of hydrogen-bond acceptors (Lipinski definition) is 6. The van der Waals surface area contributed by atoms with Gasteiger partial charge in [-0.15, -0.1) is 0 Å². The van der Waals surface area contributed by atoms with Crippen molar-refractivity contribution in [1.29, 1.82) is 0 Å². The maximum Gasteiger partial charge on any atom is 0.256 e. The molecule has 3 aromatic rings. The van der Waals surface area contributed by atoms with E-state index in [-0.39, 0.29) is 12.2 Å². The first-order valence-corrected chi connectivity index (χ1v) is 7.79. The first-order chi connectivity index (χ1) is 11.7. The zero-order valence-electron chi connectivity index (χ0n) is 13.0. The summed E-state index contributed by atoms with van der Waals surface area (Å²) in [5, 5.41) is 9.06. The molecule has 0 bridgehead atoms. The molecule has 3 aromatic heterocycles. The first-order valence-electron chi connectivity index (χ1n) is 7.79. The minimum Gasteiger partial charge on any atom is -0.462 e. The van der Waals surface area contributed by atoms with Crippen molar-refractivity contribution in [2.45, 2.75) is 26.1 Å². The normalized spacial score (nSPS) is 14.7. The monoisotopic (exact) mass is 327 g/mol. The van der Waals surface area contributed by atoms with Crippen LogP contribution >= 0.6 is 0 Å². The van der Waals surface area contributed by atoms with Crippen LogP contribution in [0, 0.1) is 0 Å². The number of hydrogen-bond donors (Lipinski definition) is 2. The van der Waals surface area contributed by atoms with Crippen LogP contribution in [0.1, 0.15) is 22.8 Å². The molecule has 0 aromatic carbocycles. The highest BCUT2D eigenvalue weighted by atomic mass is 16.4. The lowest BCUT2D eigenvalue weighted by atomic mass is 10.1. The summed E-state index contributed by atoms with van der Waals surface area (Å²) < 4.78 is 10.8. The van der Waals surface area contributed by atoms with Gasteiger partial charge in [0.25, 0.3) is 5.56 Å². The highest BCUT2D eigenvalue weighted by Gasteiger charge is 2.22. The van der Waals surface area contributed by atoms with Gasteiger partial charge in [-0.2, -0.15) is 0 Å². The fourth-order valence-corrected chi connectivity index (χ4v) is 2.96. The van der Waals surface area contributed by atoms with Crippen molar-refractivity contribution in [2.75, 3.05) is 6.54 Å². The van der Waals surface area contributed by atoms with Crippen LogP contribution in [0.25, 0.3) is 11.6 Å². The average Bonchev–Trinajstić information content (AvgIpc) is 3.26. The molecule has 1 aliphatic heterocycles. The van der Waals surface area contributed by atoms with Gasteiger partial charge in [0.2, 0.25) is 0 Å². The lowest BCUT2D eigenvalue weighted by molar-refractivity contribution is 0.206. The molecule has 4 rings (SSSR count). The topological polar surface area (TPSA) is 95.5 Å². The number of aliphatic hydroxyl groups is 1. The van der Waals surface area contributed by atoms with Crippen LogP contribution in [0.15, 0.2) is 44.2 Å². The Morgan fingerprint density at radius 3 is 2.92 bits per heavy atom. The number of fused-ring (bicyclic) bond motifs is 1. The second-order valence-electron chi connectivity index (χ2n) is 5.80. The molecule has 24 heavy (non-hydrogen) atoms. The third kappa shape index (κ3) is 2.79. The third-order valence-corrected chi connectivity index (χ3v) is 4.15. The molecule has 0 fully saturated rings. The van der Waals surface area contributed by atoms with E-state index in [0.29, 0.717) is 42.4 Å². The Bertz CT molecular complexity index is 895. The summed E-state index contributed by atoms with van der Waals surface area (Å²) in [5.74, 6) is 2.35. The largest absolute Gasteiger partial charge is 0.462 e. The maximum atomic E-state index is 12.4. The van der Waals surface area contributed by atoms with Gasteiger partial charge in [-0.05, 0) is 24.3 Å². The molecule has 0 unspecified atom stereocenters. The van der Waals surface area contributed by atoms with Gasteiger partial charge in [0, 0.05) is 19.5 Å². The molecule has 0 radical (unpaired) electrons. The third-order valence-electron chi connectivity index (χ3n) is 4.15. The highest BCUT2D eigenvalue weighted by molar-refractivity contribution is 5.46.